The molecule has 25 heavy (non-hydrogen) atoms. The summed E-state index contributed by atoms with van der Waals surface area (Å²) in [4.78, 5) is 24.9. The van der Waals surface area contributed by atoms with Crippen molar-refractivity contribution in [3.8, 4) is 11.1 Å². The lowest BCUT2D eigenvalue weighted by Gasteiger charge is -2.19. The Balaban J connectivity index is 1.64. The van der Waals surface area contributed by atoms with Crippen LogP contribution in [-0.2, 0) is 27.4 Å². The van der Waals surface area contributed by atoms with Gasteiger partial charge >= 0.3 is 5.97 Å². The van der Waals surface area contributed by atoms with E-state index in [0.717, 1.165) is 29.8 Å². The molecule has 1 amide bonds. The van der Waals surface area contributed by atoms with Crippen LogP contribution in [0.5, 0.6) is 0 Å². The van der Waals surface area contributed by atoms with Crippen LogP contribution in [0.1, 0.15) is 17.5 Å². The van der Waals surface area contributed by atoms with Crippen LogP contribution in [-0.4, -0.2) is 30.1 Å². The Bertz CT molecular complexity index is 845. The maximum atomic E-state index is 12.2. The summed E-state index contributed by atoms with van der Waals surface area (Å²) in [7, 11) is 0. The summed E-state index contributed by atoms with van der Waals surface area (Å²) in [5.41, 5.74) is 5.41. The number of carbonyl (C=O) groups excluding carboxylic acids is 1. The third kappa shape index (κ3) is 3.03. The van der Waals surface area contributed by atoms with Gasteiger partial charge in [0.1, 0.15) is 0 Å². The van der Waals surface area contributed by atoms with Crippen molar-refractivity contribution < 1.29 is 19.4 Å². The Labute approximate surface area is 145 Å². The van der Waals surface area contributed by atoms with Crippen molar-refractivity contribution in [3.63, 3.8) is 0 Å². The van der Waals surface area contributed by atoms with Crippen molar-refractivity contribution in [1.29, 1.82) is 0 Å². The number of hydrogen-bond acceptors (Lipinski definition) is 3. The molecule has 0 aliphatic carbocycles. The molecule has 1 saturated heterocycles. The van der Waals surface area contributed by atoms with Gasteiger partial charge in [-0.15, -0.1) is 0 Å². The lowest BCUT2D eigenvalue weighted by molar-refractivity contribution is -0.141. The molecular weight excluding hydrogens is 318 g/mol. The molecule has 2 aromatic carbocycles. The normalized spacial score (nSPS) is 19.8. The second-order valence-electron chi connectivity index (χ2n) is 6.58. The number of ether oxygens (including phenoxy) is 1. The number of amides is 1. The highest BCUT2D eigenvalue weighted by Crippen LogP contribution is 2.31. The molecule has 128 valence electrons. The van der Waals surface area contributed by atoms with Gasteiger partial charge in [-0.3, -0.25) is 9.59 Å². The summed E-state index contributed by atoms with van der Waals surface area (Å²) in [5, 5.41) is 9.15. The van der Waals surface area contributed by atoms with E-state index in [9.17, 15) is 9.59 Å². The number of rotatable bonds is 3. The zero-order chi connectivity index (χ0) is 17.4. The number of nitrogens with zero attached hydrogens (tertiary/aromatic N) is 1. The Morgan fingerprint density at radius 1 is 1.12 bits per heavy atom. The standard InChI is InChI=1S/C20H19NO4/c22-19-10-17(20(23)24)11-21(19)18-3-1-2-13(9-18)14-4-5-16-12-25-7-6-15(16)8-14/h1-5,8-9,17H,6-7,10-12H2,(H,23,24). The van der Waals surface area contributed by atoms with E-state index in [1.54, 1.807) is 4.90 Å². The Morgan fingerprint density at radius 3 is 2.76 bits per heavy atom. The second kappa shape index (κ2) is 6.33. The van der Waals surface area contributed by atoms with E-state index < -0.39 is 11.9 Å². The summed E-state index contributed by atoms with van der Waals surface area (Å²) in [5.74, 6) is -1.67. The fourth-order valence-corrected chi connectivity index (χ4v) is 3.52. The molecule has 4 rings (SSSR count). The molecule has 5 nitrogen and oxygen atoms in total. The van der Waals surface area contributed by atoms with Gasteiger partial charge < -0.3 is 14.7 Å². The molecule has 2 aromatic rings. The molecule has 0 bridgehead atoms. The van der Waals surface area contributed by atoms with Gasteiger partial charge in [-0.2, -0.15) is 0 Å². The molecule has 0 aromatic heterocycles. The fraction of sp³-hybridized carbons (Fsp3) is 0.300. The van der Waals surface area contributed by atoms with E-state index in [-0.39, 0.29) is 18.9 Å². The van der Waals surface area contributed by atoms with E-state index in [2.05, 4.69) is 18.2 Å². The van der Waals surface area contributed by atoms with Crippen molar-refractivity contribution in [2.24, 2.45) is 5.92 Å². The van der Waals surface area contributed by atoms with E-state index in [4.69, 9.17) is 9.84 Å². The average Bonchev–Trinajstić information content (AvgIpc) is 3.03. The van der Waals surface area contributed by atoms with Crippen molar-refractivity contribution in [3.05, 3.63) is 53.6 Å². The van der Waals surface area contributed by atoms with E-state index in [1.807, 2.05) is 24.3 Å². The number of carboxylic acid groups (broad SMARTS) is 1. The first-order chi connectivity index (χ1) is 12.1. The Kier molecular flexibility index (Phi) is 4.01. The quantitative estimate of drug-likeness (QED) is 0.935. The second-order valence-corrected chi connectivity index (χ2v) is 6.58. The monoisotopic (exact) mass is 337 g/mol. The predicted molar refractivity (Wildman–Crippen MR) is 93.3 cm³/mol. The molecule has 5 heteroatoms. The summed E-state index contributed by atoms with van der Waals surface area (Å²) in [6.07, 6.45) is 0.978. The third-order valence-corrected chi connectivity index (χ3v) is 4.95. The number of hydrogen-bond donors (Lipinski definition) is 1. The van der Waals surface area contributed by atoms with E-state index in [0.29, 0.717) is 6.61 Å². The molecule has 1 unspecified atom stereocenters. The third-order valence-electron chi connectivity index (χ3n) is 4.95. The first-order valence-corrected chi connectivity index (χ1v) is 8.45. The van der Waals surface area contributed by atoms with Crippen molar-refractivity contribution in [1.82, 2.24) is 0 Å². The molecule has 0 saturated carbocycles. The van der Waals surface area contributed by atoms with Gasteiger partial charge in [0, 0.05) is 18.7 Å². The van der Waals surface area contributed by atoms with Gasteiger partial charge in [-0.05, 0) is 40.8 Å². The molecule has 1 fully saturated rings. The molecule has 2 heterocycles. The molecule has 1 atom stereocenters. The van der Waals surface area contributed by atoms with Gasteiger partial charge in [-0.25, -0.2) is 0 Å². The molecule has 0 spiro atoms. The van der Waals surface area contributed by atoms with E-state index >= 15 is 0 Å². The summed E-state index contributed by atoms with van der Waals surface area (Å²) >= 11 is 0. The van der Waals surface area contributed by atoms with Crippen LogP contribution >= 0.6 is 0 Å². The minimum absolute atomic E-state index is 0.0679. The average molecular weight is 337 g/mol. The number of benzene rings is 2. The molecule has 0 radical (unpaired) electrons. The Hall–Kier alpha value is -2.66. The highest BCUT2D eigenvalue weighted by molar-refractivity contribution is 5.99. The molecular formula is C20H19NO4. The summed E-state index contributed by atoms with van der Waals surface area (Å²) < 4.78 is 5.48. The number of fused-ring (bicyclic) bond motifs is 1. The zero-order valence-electron chi connectivity index (χ0n) is 13.8. The lowest BCUT2D eigenvalue weighted by atomic mass is 9.96. The van der Waals surface area contributed by atoms with Gasteiger partial charge in [0.2, 0.25) is 5.91 Å². The van der Waals surface area contributed by atoms with Crippen LogP contribution in [0, 0.1) is 5.92 Å². The number of anilines is 1. The zero-order valence-corrected chi connectivity index (χ0v) is 13.8. The topological polar surface area (TPSA) is 66.8 Å². The van der Waals surface area contributed by atoms with Gasteiger partial charge in [0.05, 0.1) is 19.1 Å². The van der Waals surface area contributed by atoms with Gasteiger partial charge in [-0.1, -0.05) is 30.3 Å². The molecule has 1 N–H and O–H groups in total. The van der Waals surface area contributed by atoms with Crippen LogP contribution < -0.4 is 4.90 Å². The highest BCUT2D eigenvalue weighted by Gasteiger charge is 2.35. The molecule has 2 aliphatic rings. The number of carbonyl (C=O) groups is 2. The minimum Gasteiger partial charge on any atom is -0.481 e. The van der Waals surface area contributed by atoms with Crippen LogP contribution in [0.25, 0.3) is 11.1 Å². The number of aliphatic carboxylic acids is 1. The first-order valence-electron chi connectivity index (χ1n) is 8.45. The first kappa shape index (κ1) is 15.8. The van der Waals surface area contributed by atoms with Gasteiger partial charge in [0.15, 0.2) is 0 Å². The Morgan fingerprint density at radius 2 is 1.96 bits per heavy atom. The fourth-order valence-electron chi connectivity index (χ4n) is 3.52. The van der Waals surface area contributed by atoms with Crippen molar-refractivity contribution in [2.75, 3.05) is 18.1 Å². The van der Waals surface area contributed by atoms with Crippen LogP contribution in [0.4, 0.5) is 5.69 Å². The number of carboxylic acids is 1. The molecule has 2 aliphatic heterocycles. The largest absolute Gasteiger partial charge is 0.481 e. The van der Waals surface area contributed by atoms with Crippen molar-refractivity contribution in [2.45, 2.75) is 19.4 Å². The van der Waals surface area contributed by atoms with Crippen LogP contribution in [0.3, 0.4) is 0 Å². The van der Waals surface area contributed by atoms with Crippen LogP contribution in [0.2, 0.25) is 0 Å². The van der Waals surface area contributed by atoms with Crippen molar-refractivity contribution >= 4 is 17.6 Å². The summed E-state index contributed by atoms with van der Waals surface area (Å²) in [6.45, 7) is 1.64. The highest BCUT2D eigenvalue weighted by atomic mass is 16.5. The maximum absolute atomic E-state index is 12.2. The predicted octanol–water partition coefficient (Wildman–Crippen LogP) is 2.86. The summed E-state index contributed by atoms with van der Waals surface area (Å²) in [6, 6.07) is 14.1. The minimum atomic E-state index is -0.913. The van der Waals surface area contributed by atoms with E-state index in [1.165, 1.54) is 11.1 Å². The smallest absolute Gasteiger partial charge is 0.308 e. The SMILES string of the molecule is O=C(O)C1CC(=O)N(c2cccc(-c3ccc4c(c3)CCOC4)c2)C1. The maximum Gasteiger partial charge on any atom is 0.308 e. The lowest BCUT2D eigenvalue weighted by Crippen LogP contribution is -2.25. The van der Waals surface area contributed by atoms with Gasteiger partial charge in [0.25, 0.3) is 0 Å². The van der Waals surface area contributed by atoms with Crippen LogP contribution in [0.15, 0.2) is 42.5 Å².